The zero-order chi connectivity index (χ0) is 22.1. The number of benzene rings is 1. The van der Waals surface area contributed by atoms with Crippen LogP contribution in [0.1, 0.15) is 29.1 Å². The summed E-state index contributed by atoms with van der Waals surface area (Å²) >= 11 is 3.05. The summed E-state index contributed by atoms with van der Waals surface area (Å²) in [6.45, 7) is 5.55. The Balaban J connectivity index is 1.58. The molecule has 4 aromatic rings. The first kappa shape index (κ1) is 21.1. The van der Waals surface area contributed by atoms with E-state index in [1.807, 2.05) is 38.3 Å². The number of nitrogens with one attached hydrogen (secondary N) is 1. The van der Waals surface area contributed by atoms with Gasteiger partial charge < -0.3 is 5.32 Å². The Kier molecular flexibility index (Phi) is 5.84. The second-order valence-electron chi connectivity index (χ2n) is 7.56. The van der Waals surface area contributed by atoms with Crippen molar-refractivity contribution in [3.05, 3.63) is 68.9 Å². The average molecular weight is 452 g/mol. The van der Waals surface area contributed by atoms with Gasteiger partial charge >= 0.3 is 0 Å². The van der Waals surface area contributed by atoms with Crippen molar-refractivity contribution < 1.29 is 9.59 Å². The molecule has 0 spiro atoms. The number of aromatic nitrogens is 2. The summed E-state index contributed by atoms with van der Waals surface area (Å²) in [6, 6.07) is 10.7. The largest absolute Gasteiger partial charge is 0.326 e. The van der Waals surface area contributed by atoms with Crippen LogP contribution < -0.4 is 10.9 Å². The molecule has 6 nitrogen and oxygen atoms in total. The molecule has 0 aliphatic rings. The van der Waals surface area contributed by atoms with E-state index in [0.29, 0.717) is 21.5 Å². The van der Waals surface area contributed by atoms with Crippen molar-refractivity contribution in [2.24, 2.45) is 5.92 Å². The highest BCUT2D eigenvalue weighted by Crippen LogP contribution is 2.34. The van der Waals surface area contributed by atoms with Gasteiger partial charge in [-0.25, -0.2) is 4.98 Å². The molecular formula is C23H21N3O3S2. The Hall–Kier alpha value is -3.10. The SMILES string of the molecule is Cc1ccc(-c2csc3ncn(CC(=O)c4ccc(NC(=O)C(C)C)cc4)c(=O)c23)s1. The van der Waals surface area contributed by atoms with Gasteiger partial charge in [0.25, 0.3) is 5.56 Å². The molecule has 0 saturated heterocycles. The standard InChI is InChI=1S/C23H21N3O3S2/c1-13(2)21(28)25-16-7-5-15(6-8-16)18(27)10-26-12-24-22-20(23(26)29)17(11-30-22)19-9-4-14(3)31-19/h4-9,11-13H,10H2,1-3H3,(H,25,28). The molecule has 4 rings (SSSR count). The normalized spacial score (nSPS) is 11.2. The molecule has 0 radical (unpaired) electrons. The fourth-order valence-electron chi connectivity index (χ4n) is 3.11. The third-order valence-electron chi connectivity index (χ3n) is 4.88. The fraction of sp³-hybridized carbons (Fsp3) is 0.217. The molecule has 1 N–H and O–H groups in total. The molecule has 3 aromatic heterocycles. The number of ketones is 1. The Morgan fingerprint density at radius 2 is 1.87 bits per heavy atom. The van der Waals surface area contributed by atoms with Crippen molar-refractivity contribution in [3.63, 3.8) is 0 Å². The zero-order valence-corrected chi connectivity index (χ0v) is 19.0. The van der Waals surface area contributed by atoms with Crippen LogP contribution in [0.15, 0.2) is 52.9 Å². The lowest BCUT2D eigenvalue weighted by Gasteiger charge is -2.09. The van der Waals surface area contributed by atoms with Gasteiger partial charge in [0, 0.05) is 37.9 Å². The first-order valence-electron chi connectivity index (χ1n) is 9.81. The topological polar surface area (TPSA) is 81.1 Å². The van der Waals surface area contributed by atoms with Gasteiger partial charge in [-0.1, -0.05) is 13.8 Å². The van der Waals surface area contributed by atoms with E-state index in [2.05, 4.69) is 10.3 Å². The molecule has 0 aliphatic carbocycles. The van der Waals surface area contributed by atoms with Crippen LogP contribution in [0, 0.1) is 12.8 Å². The number of anilines is 1. The van der Waals surface area contributed by atoms with Crippen LogP contribution in [0.4, 0.5) is 5.69 Å². The number of thiophene rings is 2. The maximum atomic E-state index is 13.1. The lowest BCUT2D eigenvalue weighted by Crippen LogP contribution is -2.24. The number of aryl methyl sites for hydroxylation is 1. The summed E-state index contributed by atoms with van der Waals surface area (Å²) < 4.78 is 1.36. The van der Waals surface area contributed by atoms with Gasteiger partial charge in [-0.3, -0.25) is 19.0 Å². The molecule has 31 heavy (non-hydrogen) atoms. The van der Waals surface area contributed by atoms with Gasteiger partial charge in [0.2, 0.25) is 5.91 Å². The fourth-order valence-corrected chi connectivity index (χ4v) is 4.97. The predicted molar refractivity (Wildman–Crippen MR) is 126 cm³/mol. The zero-order valence-electron chi connectivity index (χ0n) is 17.3. The van der Waals surface area contributed by atoms with E-state index < -0.39 is 0 Å². The van der Waals surface area contributed by atoms with E-state index in [9.17, 15) is 14.4 Å². The highest BCUT2D eigenvalue weighted by molar-refractivity contribution is 7.19. The number of nitrogens with zero attached hydrogens (tertiary/aromatic N) is 2. The molecule has 1 amide bonds. The van der Waals surface area contributed by atoms with Crippen molar-refractivity contribution in [1.29, 1.82) is 0 Å². The second kappa shape index (κ2) is 8.56. The molecule has 0 fully saturated rings. The van der Waals surface area contributed by atoms with Crippen LogP contribution in [-0.2, 0) is 11.3 Å². The molecule has 0 unspecified atom stereocenters. The maximum Gasteiger partial charge on any atom is 0.263 e. The Labute approximate surface area is 187 Å². The predicted octanol–water partition coefficient (Wildman–Crippen LogP) is 4.97. The van der Waals surface area contributed by atoms with Crippen LogP contribution >= 0.6 is 22.7 Å². The third kappa shape index (κ3) is 4.35. The lowest BCUT2D eigenvalue weighted by atomic mass is 10.1. The van der Waals surface area contributed by atoms with Gasteiger partial charge in [-0.15, -0.1) is 22.7 Å². The molecular weight excluding hydrogens is 430 g/mol. The van der Waals surface area contributed by atoms with Gasteiger partial charge in [-0.05, 0) is 43.3 Å². The number of hydrogen-bond acceptors (Lipinski definition) is 6. The summed E-state index contributed by atoms with van der Waals surface area (Å²) in [7, 11) is 0. The molecule has 0 aliphatic heterocycles. The quantitative estimate of drug-likeness (QED) is 0.420. The molecule has 0 saturated carbocycles. The van der Waals surface area contributed by atoms with Crippen LogP contribution in [0.5, 0.6) is 0 Å². The second-order valence-corrected chi connectivity index (χ2v) is 9.71. The minimum absolute atomic E-state index is 0.0856. The monoisotopic (exact) mass is 451 g/mol. The highest BCUT2D eigenvalue weighted by Gasteiger charge is 2.16. The highest BCUT2D eigenvalue weighted by atomic mass is 32.1. The van der Waals surface area contributed by atoms with Crippen molar-refractivity contribution in [2.45, 2.75) is 27.3 Å². The van der Waals surface area contributed by atoms with Gasteiger partial charge in [0.15, 0.2) is 5.78 Å². The van der Waals surface area contributed by atoms with Crippen LogP contribution in [0.25, 0.3) is 20.7 Å². The van der Waals surface area contributed by atoms with Gasteiger partial charge in [0.05, 0.1) is 18.3 Å². The number of carbonyl (C=O) groups is 2. The molecule has 3 heterocycles. The van der Waals surface area contributed by atoms with Crippen molar-refractivity contribution in [3.8, 4) is 10.4 Å². The molecule has 8 heteroatoms. The Bertz CT molecular complexity index is 1330. The van der Waals surface area contributed by atoms with E-state index in [0.717, 1.165) is 10.4 Å². The van der Waals surface area contributed by atoms with E-state index >= 15 is 0 Å². The molecule has 0 atom stereocenters. The summed E-state index contributed by atoms with van der Waals surface area (Å²) in [5.41, 5.74) is 1.74. The minimum Gasteiger partial charge on any atom is -0.326 e. The van der Waals surface area contributed by atoms with E-state index in [4.69, 9.17) is 0 Å². The lowest BCUT2D eigenvalue weighted by molar-refractivity contribution is -0.118. The van der Waals surface area contributed by atoms with Crippen LogP contribution in [0.3, 0.4) is 0 Å². The number of rotatable bonds is 6. The van der Waals surface area contributed by atoms with Crippen molar-refractivity contribution in [2.75, 3.05) is 5.32 Å². The van der Waals surface area contributed by atoms with E-state index in [1.54, 1.807) is 35.6 Å². The van der Waals surface area contributed by atoms with Crippen LogP contribution in [-0.4, -0.2) is 21.2 Å². The van der Waals surface area contributed by atoms with Crippen molar-refractivity contribution >= 4 is 50.3 Å². The molecule has 158 valence electrons. The smallest absolute Gasteiger partial charge is 0.263 e. The first-order chi connectivity index (χ1) is 14.8. The number of amides is 1. The number of hydrogen-bond donors (Lipinski definition) is 1. The minimum atomic E-state index is -0.221. The maximum absolute atomic E-state index is 13.1. The van der Waals surface area contributed by atoms with Gasteiger partial charge in [0.1, 0.15) is 4.83 Å². The molecule has 1 aromatic carbocycles. The molecule has 0 bridgehead atoms. The van der Waals surface area contributed by atoms with Gasteiger partial charge in [-0.2, -0.15) is 0 Å². The first-order valence-corrected chi connectivity index (χ1v) is 11.5. The number of Topliss-reactive ketones (excluding diaryl/α,β-unsaturated/α-hetero) is 1. The Morgan fingerprint density at radius 3 is 2.52 bits per heavy atom. The van der Waals surface area contributed by atoms with E-state index in [1.165, 1.54) is 27.1 Å². The number of fused-ring (bicyclic) bond motifs is 1. The summed E-state index contributed by atoms with van der Waals surface area (Å²) in [4.78, 5) is 45.0. The third-order valence-corrected chi connectivity index (χ3v) is 6.80. The van der Waals surface area contributed by atoms with Crippen LogP contribution in [0.2, 0.25) is 0 Å². The van der Waals surface area contributed by atoms with E-state index in [-0.39, 0.29) is 29.7 Å². The summed E-state index contributed by atoms with van der Waals surface area (Å²) in [5, 5.41) is 5.29. The number of carbonyl (C=O) groups excluding carboxylic acids is 2. The summed E-state index contributed by atoms with van der Waals surface area (Å²) in [6.07, 6.45) is 1.43. The Morgan fingerprint density at radius 1 is 1.13 bits per heavy atom. The average Bonchev–Trinajstić information content (AvgIpc) is 3.36. The summed E-state index contributed by atoms with van der Waals surface area (Å²) in [5.74, 6) is -0.415. The van der Waals surface area contributed by atoms with Crippen molar-refractivity contribution in [1.82, 2.24) is 9.55 Å².